The summed E-state index contributed by atoms with van der Waals surface area (Å²) in [7, 11) is 0. The van der Waals surface area contributed by atoms with Crippen LogP contribution in [0.15, 0.2) is 36.5 Å². The topological polar surface area (TPSA) is 24.9 Å². The van der Waals surface area contributed by atoms with Crippen molar-refractivity contribution in [3.05, 3.63) is 64.4 Å². The number of pyridine rings is 1. The molecule has 1 aromatic carbocycles. The van der Waals surface area contributed by atoms with Gasteiger partial charge in [0.15, 0.2) is 0 Å². The van der Waals surface area contributed by atoms with Crippen molar-refractivity contribution in [2.24, 2.45) is 0 Å². The van der Waals surface area contributed by atoms with Crippen LogP contribution >= 0.6 is 11.6 Å². The van der Waals surface area contributed by atoms with Crippen molar-refractivity contribution in [1.82, 2.24) is 10.3 Å². The second-order valence-corrected chi connectivity index (χ2v) is 4.89. The highest BCUT2D eigenvalue weighted by Crippen LogP contribution is 2.21. The van der Waals surface area contributed by atoms with E-state index in [-0.39, 0.29) is 11.9 Å². The average Bonchev–Trinajstić information content (AvgIpc) is 2.43. The second kappa shape index (κ2) is 6.77. The van der Waals surface area contributed by atoms with Crippen LogP contribution in [0.5, 0.6) is 0 Å². The van der Waals surface area contributed by atoms with Crippen molar-refractivity contribution in [2.75, 3.05) is 6.54 Å². The summed E-state index contributed by atoms with van der Waals surface area (Å²) in [4.78, 5) is 4.05. The minimum Gasteiger partial charge on any atom is -0.309 e. The fourth-order valence-electron chi connectivity index (χ4n) is 2.04. The summed E-state index contributed by atoms with van der Waals surface area (Å²) in [5, 5.41) is 3.71. The van der Waals surface area contributed by atoms with E-state index in [0.29, 0.717) is 29.2 Å². The summed E-state index contributed by atoms with van der Waals surface area (Å²) < 4.78 is 26.7. The summed E-state index contributed by atoms with van der Waals surface area (Å²) in [5.41, 5.74) is 1.18. The lowest BCUT2D eigenvalue weighted by Crippen LogP contribution is -2.24. The van der Waals surface area contributed by atoms with E-state index in [4.69, 9.17) is 11.6 Å². The third kappa shape index (κ3) is 3.74. The van der Waals surface area contributed by atoms with Crippen LogP contribution in [0.1, 0.15) is 24.2 Å². The minimum absolute atomic E-state index is 0.187. The van der Waals surface area contributed by atoms with Crippen LogP contribution in [0, 0.1) is 11.6 Å². The van der Waals surface area contributed by atoms with Crippen molar-refractivity contribution in [1.29, 1.82) is 0 Å². The third-order valence-electron chi connectivity index (χ3n) is 2.99. The number of halogens is 3. The monoisotopic (exact) mass is 296 g/mol. The lowest BCUT2D eigenvalue weighted by atomic mass is 10.0. The molecule has 0 bridgehead atoms. The molecule has 1 unspecified atom stereocenters. The first kappa shape index (κ1) is 14.9. The van der Waals surface area contributed by atoms with Crippen molar-refractivity contribution in [3.8, 4) is 0 Å². The maximum absolute atomic E-state index is 13.8. The van der Waals surface area contributed by atoms with E-state index in [1.165, 1.54) is 18.2 Å². The van der Waals surface area contributed by atoms with E-state index < -0.39 is 5.82 Å². The van der Waals surface area contributed by atoms with Gasteiger partial charge in [-0.2, -0.15) is 0 Å². The molecule has 0 radical (unpaired) electrons. The molecule has 0 amide bonds. The predicted octanol–water partition coefficient (Wildman–Crippen LogP) is 3.91. The Balaban J connectivity index is 2.25. The van der Waals surface area contributed by atoms with Crippen molar-refractivity contribution < 1.29 is 8.78 Å². The smallest absolute Gasteiger partial charge is 0.141 e. The molecule has 0 spiro atoms. The Labute approximate surface area is 121 Å². The quantitative estimate of drug-likeness (QED) is 0.905. The molecule has 5 heteroatoms. The van der Waals surface area contributed by atoms with Crippen molar-refractivity contribution in [2.45, 2.75) is 19.4 Å². The number of hydrogen-bond acceptors (Lipinski definition) is 2. The highest BCUT2D eigenvalue weighted by atomic mass is 35.5. The summed E-state index contributed by atoms with van der Waals surface area (Å²) in [5.74, 6) is -0.697. The fourth-order valence-corrected chi connectivity index (χ4v) is 2.24. The van der Waals surface area contributed by atoms with Gasteiger partial charge in [0, 0.05) is 5.02 Å². The standard InChI is InChI=1S/C15H15ClF2N2/c1-2-19-15(14-6-4-12(17)9-20-14)8-10-7-11(16)3-5-13(10)18/h3-7,9,15,19H,2,8H2,1H3. The van der Waals surface area contributed by atoms with Gasteiger partial charge < -0.3 is 5.32 Å². The van der Waals surface area contributed by atoms with Gasteiger partial charge in [-0.3, -0.25) is 4.98 Å². The number of rotatable bonds is 5. The van der Waals surface area contributed by atoms with E-state index in [0.717, 1.165) is 6.20 Å². The molecule has 2 nitrogen and oxygen atoms in total. The Morgan fingerprint density at radius 2 is 2.05 bits per heavy atom. The maximum atomic E-state index is 13.8. The number of likely N-dealkylation sites (N-methyl/N-ethyl adjacent to an activating group) is 1. The Bertz CT molecular complexity index is 573. The number of nitrogens with one attached hydrogen (secondary N) is 1. The van der Waals surface area contributed by atoms with Gasteiger partial charge in [0.2, 0.25) is 0 Å². The lowest BCUT2D eigenvalue weighted by Gasteiger charge is -2.18. The van der Waals surface area contributed by atoms with Gasteiger partial charge in [-0.05, 0) is 48.9 Å². The van der Waals surface area contributed by atoms with Crippen LogP contribution in [0.4, 0.5) is 8.78 Å². The molecule has 0 aliphatic carbocycles. The number of benzene rings is 1. The van der Waals surface area contributed by atoms with Gasteiger partial charge in [-0.15, -0.1) is 0 Å². The molecular formula is C15H15ClF2N2. The van der Waals surface area contributed by atoms with Gasteiger partial charge in [0.25, 0.3) is 0 Å². The van der Waals surface area contributed by atoms with Crippen molar-refractivity contribution in [3.63, 3.8) is 0 Å². The predicted molar refractivity (Wildman–Crippen MR) is 75.7 cm³/mol. The molecule has 0 saturated heterocycles. The van der Waals surface area contributed by atoms with E-state index in [2.05, 4.69) is 10.3 Å². The number of nitrogens with zero attached hydrogens (tertiary/aromatic N) is 1. The maximum Gasteiger partial charge on any atom is 0.141 e. The van der Waals surface area contributed by atoms with E-state index in [9.17, 15) is 8.78 Å². The van der Waals surface area contributed by atoms with Gasteiger partial charge in [0.1, 0.15) is 11.6 Å². The van der Waals surface area contributed by atoms with Crippen LogP contribution in [0.25, 0.3) is 0 Å². The first-order chi connectivity index (χ1) is 9.60. The number of aromatic nitrogens is 1. The molecule has 1 N–H and O–H groups in total. The first-order valence-corrected chi connectivity index (χ1v) is 6.76. The first-order valence-electron chi connectivity index (χ1n) is 6.39. The van der Waals surface area contributed by atoms with Crippen LogP contribution in [0.2, 0.25) is 5.02 Å². The SMILES string of the molecule is CCNC(Cc1cc(Cl)ccc1F)c1ccc(F)cn1. The van der Waals surface area contributed by atoms with Crippen molar-refractivity contribution >= 4 is 11.6 Å². The molecule has 0 aliphatic heterocycles. The van der Waals surface area contributed by atoms with Gasteiger partial charge in [-0.25, -0.2) is 8.78 Å². The fraction of sp³-hybridized carbons (Fsp3) is 0.267. The van der Waals surface area contributed by atoms with E-state index in [1.54, 1.807) is 12.1 Å². The summed E-state index contributed by atoms with van der Waals surface area (Å²) in [6, 6.07) is 7.22. The van der Waals surface area contributed by atoms with E-state index in [1.807, 2.05) is 6.92 Å². The normalized spacial score (nSPS) is 12.4. The molecule has 20 heavy (non-hydrogen) atoms. The molecule has 1 heterocycles. The second-order valence-electron chi connectivity index (χ2n) is 4.45. The molecular weight excluding hydrogens is 282 g/mol. The zero-order valence-electron chi connectivity index (χ0n) is 11.0. The summed E-state index contributed by atoms with van der Waals surface area (Å²) in [6.07, 6.45) is 1.56. The zero-order chi connectivity index (χ0) is 14.5. The highest BCUT2D eigenvalue weighted by molar-refractivity contribution is 6.30. The van der Waals surface area contributed by atoms with Gasteiger partial charge >= 0.3 is 0 Å². The molecule has 2 aromatic rings. The highest BCUT2D eigenvalue weighted by Gasteiger charge is 2.15. The minimum atomic E-state index is -0.391. The molecule has 0 fully saturated rings. The molecule has 2 rings (SSSR count). The Kier molecular flexibility index (Phi) is 5.04. The van der Waals surface area contributed by atoms with Gasteiger partial charge in [-0.1, -0.05) is 18.5 Å². The Morgan fingerprint density at radius 3 is 2.70 bits per heavy atom. The number of hydrogen-bond donors (Lipinski definition) is 1. The molecule has 1 aromatic heterocycles. The molecule has 1 atom stereocenters. The van der Waals surface area contributed by atoms with Crippen LogP contribution in [-0.4, -0.2) is 11.5 Å². The average molecular weight is 297 g/mol. The third-order valence-corrected chi connectivity index (χ3v) is 3.22. The zero-order valence-corrected chi connectivity index (χ0v) is 11.8. The van der Waals surface area contributed by atoms with Crippen LogP contribution in [0.3, 0.4) is 0 Å². The molecule has 0 aliphatic rings. The molecule has 106 valence electrons. The lowest BCUT2D eigenvalue weighted by molar-refractivity contribution is 0.514. The Hall–Kier alpha value is -1.52. The molecule has 0 saturated carbocycles. The van der Waals surface area contributed by atoms with Crippen LogP contribution < -0.4 is 5.32 Å². The summed E-state index contributed by atoms with van der Waals surface area (Å²) >= 11 is 5.89. The van der Waals surface area contributed by atoms with Gasteiger partial charge in [0.05, 0.1) is 17.9 Å². The summed E-state index contributed by atoms with van der Waals surface area (Å²) in [6.45, 7) is 2.65. The Morgan fingerprint density at radius 1 is 1.25 bits per heavy atom. The van der Waals surface area contributed by atoms with Crippen LogP contribution in [-0.2, 0) is 6.42 Å². The van der Waals surface area contributed by atoms with E-state index >= 15 is 0 Å². The largest absolute Gasteiger partial charge is 0.309 e.